The van der Waals surface area contributed by atoms with Gasteiger partial charge in [-0.05, 0) is 23.8 Å². The number of hydrogen-bond acceptors (Lipinski definition) is 5. The molecule has 2 aromatic rings. The fourth-order valence-corrected chi connectivity index (χ4v) is 3.26. The number of carboxylic acid groups (broad SMARTS) is 1. The third-order valence-electron chi connectivity index (χ3n) is 3.17. The number of sulfonamides is 1. The van der Waals surface area contributed by atoms with Crippen LogP contribution in [-0.2, 0) is 14.8 Å². The summed E-state index contributed by atoms with van der Waals surface area (Å²) in [6, 6.07) is 11.6. The molecule has 0 saturated carbocycles. The van der Waals surface area contributed by atoms with Crippen molar-refractivity contribution in [3.8, 4) is 0 Å². The van der Waals surface area contributed by atoms with Crippen molar-refractivity contribution in [1.82, 2.24) is 4.72 Å². The number of hydrogen-bond donors (Lipinski definition) is 4. The summed E-state index contributed by atoms with van der Waals surface area (Å²) in [4.78, 5) is 11.2. The molecule has 0 heterocycles. The number of carboxylic acids is 1. The van der Waals surface area contributed by atoms with Gasteiger partial charge < -0.3 is 15.9 Å². The first-order valence-electron chi connectivity index (χ1n) is 6.65. The Hall–Kier alpha value is -2.42. The molecular formula is C15H16N2O5S. The molecule has 0 aliphatic heterocycles. The van der Waals surface area contributed by atoms with Crippen molar-refractivity contribution in [2.45, 2.75) is 17.0 Å². The number of nitrogens with one attached hydrogen (secondary N) is 1. The first-order valence-corrected chi connectivity index (χ1v) is 8.13. The highest BCUT2D eigenvalue weighted by molar-refractivity contribution is 7.89. The van der Waals surface area contributed by atoms with E-state index in [1.165, 1.54) is 36.4 Å². The van der Waals surface area contributed by atoms with Gasteiger partial charge in [0.1, 0.15) is 12.1 Å². The Kier molecular flexibility index (Phi) is 4.99. The number of aliphatic hydroxyl groups excluding tert-OH is 1. The van der Waals surface area contributed by atoms with E-state index < -0.39 is 28.1 Å². The second kappa shape index (κ2) is 6.78. The summed E-state index contributed by atoms with van der Waals surface area (Å²) in [7, 11) is -4.15. The van der Waals surface area contributed by atoms with Gasteiger partial charge in [-0.25, -0.2) is 8.42 Å². The van der Waals surface area contributed by atoms with Crippen LogP contribution in [0.2, 0.25) is 0 Å². The molecule has 0 aliphatic carbocycles. The Labute approximate surface area is 133 Å². The molecule has 0 saturated heterocycles. The molecule has 7 nitrogen and oxygen atoms in total. The Morgan fingerprint density at radius 1 is 1.09 bits per heavy atom. The maximum Gasteiger partial charge on any atom is 0.324 e. The normalized spacial score (nSPS) is 14.1. The van der Waals surface area contributed by atoms with Gasteiger partial charge in [0.15, 0.2) is 0 Å². The van der Waals surface area contributed by atoms with E-state index in [9.17, 15) is 23.4 Å². The van der Waals surface area contributed by atoms with E-state index in [0.29, 0.717) is 0 Å². The van der Waals surface area contributed by atoms with Gasteiger partial charge in [-0.1, -0.05) is 36.4 Å². The van der Waals surface area contributed by atoms with Gasteiger partial charge >= 0.3 is 5.97 Å². The topological polar surface area (TPSA) is 130 Å². The fraction of sp³-hybridized carbons (Fsp3) is 0.133. The largest absolute Gasteiger partial charge is 0.480 e. The zero-order valence-corrected chi connectivity index (χ0v) is 12.8. The van der Waals surface area contributed by atoms with Crippen LogP contribution in [0.4, 0.5) is 5.69 Å². The summed E-state index contributed by atoms with van der Waals surface area (Å²) in [6.45, 7) is 0. The van der Waals surface area contributed by atoms with E-state index in [1.807, 2.05) is 4.72 Å². The monoisotopic (exact) mass is 336 g/mol. The number of aliphatic carboxylic acids is 1. The van der Waals surface area contributed by atoms with Crippen LogP contribution in [0.3, 0.4) is 0 Å². The molecule has 0 aliphatic rings. The fourth-order valence-electron chi connectivity index (χ4n) is 2.01. The molecule has 122 valence electrons. The molecule has 0 radical (unpaired) electrons. The third-order valence-corrected chi connectivity index (χ3v) is 4.61. The van der Waals surface area contributed by atoms with Crippen molar-refractivity contribution >= 4 is 21.7 Å². The van der Waals surface area contributed by atoms with Gasteiger partial charge in [0.05, 0.1) is 4.90 Å². The average Bonchev–Trinajstić information content (AvgIpc) is 2.52. The first-order chi connectivity index (χ1) is 10.8. The molecule has 2 atom stereocenters. The Morgan fingerprint density at radius 3 is 2.30 bits per heavy atom. The summed E-state index contributed by atoms with van der Waals surface area (Å²) in [5.74, 6) is -1.49. The molecule has 2 aromatic carbocycles. The van der Waals surface area contributed by atoms with Crippen molar-refractivity contribution in [2.24, 2.45) is 0 Å². The van der Waals surface area contributed by atoms with Gasteiger partial charge in [0.25, 0.3) is 0 Å². The van der Waals surface area contributed by atoms with Crippen LogP contribution in [0.1, 0.15) is 11.7 Å². The molecule has 0 bridgehead atoms. The van der Waals surface area contributed by atoms with Gasteiger partial charge in [-0.2, -0.15) is 4.72 Å². The second-order valence-electron chi connectivity index (χ2n) is 4.87. The van der Waals surface area contributed by atoms with Gasteiger partial charge in [-0.15, -0.1) is 0 Å². The summed E-state index contributed by atoms with van der Waals surface area (Å²) in [5.41, 5.74) is 6.05. The standard InChI is InChI=1S/C15H16N2O5S/c16-11-7-4-8-12(9-11)23(21,22)17-13(15(19)20)14(18)10-5-2-1-3-6-10/h1-9,13-14,17-18H,16H2,(H,19,20)/t13-,14+/m1/s1. The van der Waals surface area contributed by atoms with E-state index in [-0.39, 0.29) is 16.1 Å². The van der Waals surface area contributed by atoms with Gasteiger partial charge in [0, 0.05) is 5.69 Å². The smallest absolute Gasteiger partial charge is 0.324 e. The summed E-state index contributed by atoms with van der Waals surface area (Å²) < 4.78 is 26.6. The zero-order chi connectivity index (χ0) is 17.0. The van der Waals surface area contributed by atoms with Crippen molar-refractivity contribution < 1.29 is 23.4 Å². The first kappa shape index (κ1) is 16.9. The Morgan fingerprint density at radius 2 is 1.74 bits per heavy atom. The molecule has 0 spiro atoms. The lowest BCUT2D eigenvalue weighted by molar-refractivity contribution is -0.141. The highest BCUT2D eigenvalue weighted by atomic mass is 32.2. The molecule has 2 rings (SSSR count). The predicted octanol–water partition coefficient (Wildman–Crippen LogP) is 0.734. The van der Waals surface area contributed by atoms with E-state index in [1.54, 1.807) is 18.2 Å². The van der Waals surface area contributed by atoms with Gasteiger partial charge in [0.2, 0.25) is 10.0 Å². The highest BCUT2D eigenvalue weighted by Crippen LogP contribution is 2.20. The van der Waals surface area contributed by atoms with Crippen LogP contribution < -0.4 is 10.5 Å². The van der Waals surface area contributed by atoms with E-state index in [2.05, 4.69) is 0 Å². The maximum absolute atomic E-state index is 12.3. The summed E-state index contributed by atoms with van der Waals surface area (Å²) >= 11 is 0. The highest BCUT2D eigenvalue weighted by Gasteiger charge is 2.32. The lowest BCUT2D eigenvalue weighted by Crippen LogP contribution is -2.44. The molecule has 23 heavy (non-hydrogen) atoms. The molecule has 0 amide bonds. The number of carbonyl (C=O) groups is 1. The Bertz CT molecular complexity index is 793. The van der Waals surface area contributed by atoms with Crippen LogP contribution in [-0.4, -0.2) is 30.6 Å². The van der Waals surface area contributed by atoms with Crippen LogP contribution in [0.25, 0.3) is 0 Å². The predicted molar refractivity (Wildman–Crippen MR) is 84.0 cm³/mol. The third kappa shape index (κ3) is 4.07. The maximum atomic E-state index is 12.3. The summed E-state index contributed by atoms with van der Waals surface area (Å²) in [6.07, 6.45) is -1.54. The number of nitrogen functional groups attached to an aromatic ring is 1. The van der Waals surface area contributed by atoms with Crippen molar-refractivity contribution in [3.63, 3.8) is 0 Å². The van der Waals surface area contributed by atoms with Crippen LogP contribution in [0.5, 0.6) is 0 Å². The van der Waals surface area contributed by atoms with Crippen molar-refractivity contribution in [2.75, 3.05) is 5.73 Å². The van der Waals surface area contributed by atoms with E-state index in [0.717, 1.165) is 0 Å². The lowest BCUT2D eigenvalue weighted by atomic mass is 10.0. The zero-order valence-electron chi connectivity index (χ0n) is 12.0. The lowest BCUT2D eigenvalue weighted by Gasteiger charge is -2.20. The number of nitrogens with two attached hydrogens (primary N) is 1. The molecule has 0 aromatic heterocycles. The van der Waals surface area contributed by atoms with Crippen LogP contribution in [0, 0.1) is 0 Å². The number of aliphatic hydroxyl groups is 1. The van der Waals surface area contributed by atoms with Crippen LogP contribution in [0.15, 0.2) is 59.5 Å². The van der Waals surface area contributed by atoms with Gasteiger partial charge in [-0.3, -0.25) is 4.79 Å². The number of rotatable bonds is 6. The van der Waals surface area contributed by atoms with Crippen molar-refractivity contribution in [1.29, 1.82) is 0 Å². The molecule has 0 fully saturated rings. The molecule has 0 unspecified atom stereocenters. The van der Waals surface area contributed by atoms with E-state index >= 15 is 0 Å². The van der Waals surface area contributed by atoms with E-state index in [4.69, 9.17) is 5.73 Å². The summed E-state index contributed by atoms with van der Waals surface area (Å²) in [5, 5.41) is 19.4. The average molecular weight is 336 g/mol. The number of anilines is 1. The Balaban J connectivity index is 2.31. The quantitative estimate of drug-likeness (QED) is 0.576. The molecule has 5 N–H and O–H groups in total. The number of benzene rings is 2. The minimum atomic E-state index is -4.15. The van der Waals surface area contributed by atoms with Crippen molar-refractivity contribution in [3.05, 3.63) is 60.2 Å². The van der Waals surface area contributed by atoms with Crippen LogP contribution >= 0.6 is 0 Å². The molecular weight excluding hydrogens is 320 g/mol. The minimum Gasteiger partial charge on any atom is -0.480 e. The minimum absolute atomic E-state index is 0.177. The SMILES string of the molecule is Nc1cccc(S(=O)(=O)N[C@@H](C(=O)O)[C@@H](O)c2ccccc2)c1. The molecule has 8 heteroatoms. The second-order valence-corrected chi connectivity index (χ2v) is 6.58.